The zero-order chi connectivity index (χ0) is 17.3. The van der Waals surface area contributed by atoms with E-state index in [1.165, 1.54) is 12.1 Å². The normalized spacial score (nSPS) is 11.5. The van der Waals surface area contributed by atoms with Crippen LogP contribution in [0, 0.1) is 0 Å². The summed E-state index contributed by atoms with van der Waals surface area (Å²) in [5.41, 5.74) is 2.65. The minimum absolute atomic E-state index is 0.0763. The van der Waals surface area contributed by atoms with E-state index in [0.29, 0.717) is 10.8 Å². The summed E-state index contributed by atoms with van der Waals surface area (Å²) in [4.78, 5) is 0.0763. The van der Waals surface area contributed by atoms with Crippen molar-refractivity contribution in [1.82, 2.24) is 4.57 Å². The van der Waals surface area contributed by atoms with Gasteiger partial charge in [0.05, 0.1) is 22.7 Å². The molecule has 7 heteroatoms. The van der Waals surface area contributed by atoms with Gasteiger partial charge in [-0.3, -0.25) is 0 Å². The van der Waals surface area contributed by atoms with E-state index in [1.807, 2.05) is 35.0 Å². The van der Waals surface area contributed by atoms with Crippen LogP contribution in [0.5, 0.6) is 5.75 Å². The second-order valence-corrected chi connectivity index (χ2v) is 7.12. The number of nitrogens with zero attached hydrogens (tertiary/aromatic N) is 1. The highest BCUT2D eigenvalue weighted by molar-refractivity contribution is 7.89. The average Bonchev–Trinajstić information content (AvgIpc) is 3.03. The molecule has 1 heterocycles. The molecule has 1 aromatic heterocycles. The lowest BCUT2D eigenvalue weighted by Gasteiger charge is -2.11. The Morgan fingerprint density at radius 2 is 1.79 bits per heavy atom. The molecule has 0 fully saturated rings. The third-order valence-corrected chi connectivity index (χ3v) is 4.86. The number of ether oxygens (including phenoxy) is 1. The van der Waals surface area contributed by atoms with Crippen LogP contribution >= 0.6 is 11.6 Å². The zero-order valence-corrected chi connectivity index (χ0v) is 14.4. The highest BCUT2D eigenvalue weighted by Gasteiger charge is 2.11. The van der Waals surface area contributed by atoms with Crippen LogP contribution in [-0.2, 0) is 10.0 Å². The standard InChI is InChI=1S/C17H15ClN2O3S/c1-23-17-9-4-12(11-15(17)18)16-3-2-10-20(16)13-5-7-14(8-6-13)24(19,21)22/h2-11H,1H3,(H2,19,21,22). The van der Waals surface area contributed by atoms with E-state index < -0.39 is 10.0 Å². The second kappa shape index (κ2) is 6.32. The molecular weight excluding hydrogens is 348 g/mol. The first-order chi connectivity index (χ1) is 11.4. The predicted molar refractivity (Wildman–Crippen MR) is 94.1 cm³/mol. The number of hydrogen-bond donors (Lipinski definition) is 1. The minimum atomic E-state index is -3.70. The van der Waals surface area contributed by atoms with Gasteiger partial charge in [-0.1, -0.05) is 11.6 Å². The van der Waals surface area contributed by atoms with E-state index in [-0.39, 0.29) is 4.90 Å². The smallest absolute Gasteiger partial charge is 0.238 e. The summed E-state index contributed by atoms with van der Waals surface area (Å²) in [6.07, 6.45) is 1.89. The summed E-state index contributed by atoms with van der Waals surface area (Å²) in [7, 11) is -2.14. The molecule has 0 radical (unpaired) electrons. The van der Waals surface area contributed by atoms with Crippen molar-refractivity contribution in [1.29, 1.82) is 0 Å². The van der Waals surface area contributed by atoms with E-state index in [9.17, 15) is 8.42 Å². The fraction of sp³-hybridized carbons (Fsp3) is 0.0588. The molecule has 0 unspecified atom stereocenters. The van der Waals surface area contributed by atoms with E-state index in [1.54, 1.807) is 25.3 Å². The molecule has 5 nitrogen and oxygen atoms in total. The molecule has 0 aliphatic rings. The first kappa shape index (κ1) is 16.6. The Kier molecular flexibility index (Phi) is 4.36. The molecule has 0 saturated heterocycles. The lowest BCUT2D eigenvalue weighted by atomic mass is 10.1. The van der Waals surface area contributed by atoms with Gasteiger partial charge in [-0.2, -0.15) is 0 Å². The van der Waals surface area contributed by atoms with Crippen molar-refractivity contribution in [3.63, 3.8) is 0 Å². The number of primary sulfonamides is 1. The third-order valence-electron chi connectivity index (χ3n) is 3.64. The molecule has 3 rings (SSSR count). The largest absolute Gasteiger partial charge is 0.495 e. The zero-order valence-electron chi connectivity index (χ0n) is 12.8. The number of sulfonamides is 1. The Balaban J connectivity index is 2.03. The molecular formula is C17H15ClN2O3S. The molecule has 0 bridgehead atoms. The van der Waals surface area contributed by atoms with Crippen molar-refractivity contribution in [3.8, 4) is 22.7 Å². The summed E-state index contributed by atoms with van der Waals surface area (Å²) >= 11 is 6.20. The second-order valence-electron chi connectivity index (χ2n) is 5.15. The van der Waals surface area contributed by atoms with Crippen molar-refractivity contribution in [2.24, 2.45) is 5.14 Å². The molecule has 0 aliphatic heterocycles. The van der Waals surface area contributed by atoms with Crippen LogP contribution < -0.4 is 9.88 Å². The van der Waals surface area contributed by atoms with Gasteiger partial charge in [-0.25, -0.2) is 13.6 Å². The van der Waals surface area contributed by atoms with E-state index in [4.69, 9.17) is 21.5 Å². The number of rotatable bonds is 4. The Morgan fingerprint density at radius 3 is 2.38 bits per heavy atom. The van der Waals surface area contributed by atoms with Gasteiger partial charge in [0.15, 0.2) is 0 Å². The SMILES string of the molecule is COc1ccc(-c2cccn2-c2ccc(S(N)(=O)=O)cc2)cc1Cl. The van der Waals surface area contributed by atoms with Gasteiger partial charge < -0.3 is 9.30 Å². The third kappa shape index (κ3) is 3.17. The first-order valence-electron chi connectivity index (χ1n) is 7.04. The van der Waals surface area contributed by atoms with Gasteiger partial charge in [0.2, 0.25) is 10.0 Å². The molecule has 3 aromatic rings. The number of methoxy groups -OCH3 is 1. The Hall–Kier alpha value is -2.28. The summed E-state index contributed by atoms with van der Waals surface area (Å²) in [6, 6.07) is 15.8. The molecule has 0 aliphatic carbocycles. The molecule has 0 amide bonds. The van der Waals surface area contributed by atoms with Crippen LogP contribution in [0.25, 0.3) is 16.9 Å². The maximum atomic E-state index is 11.4. The van der Waals surface area contributed by atoms with Crippen molar-refractivity contribution >= 4 is 21.6 Å². The maximum absolute atomic E-state index is 11.4. The van der Waals surface area contributed by atoms with E-state index in [0.717, 1.165) is 16.9 Å². The van der Waals surface area contributed by atoms with Crippen LogP contribution in [-0.4, -0.2) is 20.1 Å². The molecule has 0 atom stereocenters. The van der Waals surface area contributed by atoms with Crippen LogP contribution in [0.15, 0.2) is 65.7 Å². The van der Waals surface area contributed by atoms with E-state index >= 15 is 0 Å². The lowest BCUT2D eigenvalue weighted by Crippen LogP contribution is -2.12. The van der Waals surface area contributed by atoms with Gasteiger partial charge >= 0.3 is 0 Å². The van der Waals surface area contributed by atoms with Gasteiger partial charge in [0.1, 0.15) is 5.75 Å². The van der Waals surface area contributed by atoms with Crippen molar-refractivity contribution in [2.75, 3.05) is 7.11 Å². The fourth-order valence-electron chi connectivity index (χ4n) is 2.46. The number of halogens is 1. The van der Waals surface area contributed by atoms with Crippen molar-refractivity contribution < 1.29 is 13.2 Å². The number of nitrogens with two attached hydrogens (primary N) is 1. The number of hydrogen-bond acceptors (Lipinski definition) is 3. The summed E-state index contributed by atoms with van der Waals surface area (Å²) in [5, 5.41) is 5.65. The maximum Gasteiger partial charge on any atom is 0.238 e. The quantitative estimate of drug-likeness (QED) is 0.772. The van der Waals surface area contributed by atoms with Gasteiger partial charge in [-0.05, 0) is 54.6 Å². The van der Waals surface area contributed by atoms with Crippen LogP contribution in [0.3, 0.4) is 0 Å². The Bertz CT molecular complexity index is 979. The highest BCUT2D eigenvalue weighted by atomic mass is 35.5. The first-order valence-corrected chi connectivity index (χ1v) is 8.97. The van der Waals surface area contributed by atoms with Crippen LogP contribution in [0.2, 0.25) is 5.02 Å². The summed E-state index contributed by atoms with van der Waals surface area (Å²) in [6.45, 7) is 0. The van der Waals surface area contributed by atoms with E-state index in [2.05, 4.69) is 0 Å². The Morgan fingerprint density at radius 1 is 1.08 bits per heavy atom. The fourth-order valence-corrected chi connectivity index (χ4v) is 3.24. The molecule has 0 spiro atoms. The van der Waals surface area contributed by atoms with Crippen molar-refractivity contribution in [2.45, 2.75) is 4.90 Å². The van der Waals surface area contributed by atoms with Crippen LogP contribution in [0.1, 0.15) is 0 Å². The average molecular weight is 363 g/mol. The molecule has 0 saturated carbocycles. The number of benzene rings is 2. The molecule has 2 aromatic carbocycles. The summed E-state index contributed by atoms with van der Waals surface area (Å²) in [5.74, 6) is 0.607. The van der Waals surface area contributed by atoms with Crippen molar-refractivity contribution in [3.05, 3.63) is 65.8 Å². The summed E-state index contributed by atoms with van der Waals surface area (Å²) < 4.78 is 29.8. The molecule has 24 heavy (non-hydrogen) atoms. The van der Waals surface area contributed by atoms with Crippen LogP contribution in [0.4, 0.5) is 0 Å². The molecule has 2 N–H and O–H groups in total. The monoisotopic (exact) mass is 362 g/mol. The van der Waals surface area contributed by atoms with Gasteiger partial charge in [0, 0.05) is 17.4 Å². The topological polar surface area (TPSA) is 74.3 Å². The van der Waals surface area contributed by atoms with Gasteiger partial charge in [0.25, 0.3) is 0 Å². The minimum Gasteiger partial charge on any atom is -0.495 e. The number of aromatic nitrogens is 1. The lowest BCUT2D eigenvalue weighted by molar-refractivity contribution is 0.415. The highest BCUT2D eigenvalue weighted by Crippen LogP contribution is 2.31. The molecule has 124 valence electrons. The Labute approximate surface area is 145 Å². The van der Waals surface area contributed by atoms with Gasteiger partial charge in [-0.15, -0.1) is 0 Å². The predicted octanol–water partition coefficient (Wildman–Crippen LogP) is 3.45.